The Hall–Kier alpha value is -2.34. The summed E-state index contributed by atoms with van der Waals surface area (Å²) in [6.07, 6.45) is 0.785. The van der Waals surface area contributed by atoms with Crippen molar-refractivity contribution in [2.24, 2.45) is 0 Å². The third kappa shape index (κ3) is 4.33. The summed E-state index contributed by atoms with van der Waals surface area (Å²) in [6, 6.07) is 14.2. The third-order valence-electron chi connectivity index (χ3n) is 4.62. The van der Waals surface area contributed by atoms with Gasteiger partial charge in [-0.05, 0) is 63.1 Å². The molecule has 1 unspecified atom stereocenters. The molecule has 2 aromatic carbocycles. The van der Waals surface area contributed by atoms with Crippen molar-refractivity contribution in [1.82, 2.24) is 0 Å². The third-order valence-corrected chi connectivity index (χ3v) is 6.35. The van der Waals surface area contributed by atoms with Crippen molar-refractivity contribution in [3.63, 3.8) is 0 Å². The lowest BCUT2D eigenvalue weighted by Gasteiger charge is -2.22. The van der Waals surface area contributed by atoms with Crippen molar-refractivity contribution in [1.29, 1.82) is 0 Å². The Morgan fingerprint density at radius 2 is 1.81 bits per heavy atom. The molecule has 2 aromatic rings. The van der Waals surface area contributed by atoms with E-state index in [2.05, 4.69) is 0 Å². The summed E-state index contributed by atoms with van der Waals surface area (Å²) in [6.45, 7) is 5.81. The second kappa shape index (κ2) is 7.72. The van der Waals surface area contributed by atoms with Gasteiger partial charge in [-0.15, -0.1) is 0 Å². The minimum atomic E-state index is -3.53. The van der Waals surface area contributed by atoms with Gasteiger partial charge in [0.1, 0.15) is 5.75 Å². The van der Waals surface area contributed by atoms with E-state index < -0.39 is 9.84 Å². The van der Waals surface area contributed by atoms with Gasteiger partial charge < -0.3 is 9.64 Å². The van der Waals surface area contributed by atoms with E-state index in [1.54, 1.807) is 17.0 Å². The first kappa shape index (κ1) is 19.4. The number of hydrogen-bond acceptors (Lipinski definition) is 4. The molecule has 0 aliphatic carbocycles. The summed E-state index contributed by atoms with van der Waals surface area (Å²) in [5.74, 6) is 0.264. The molecule has 0 bridgehead atoms. The maximum absolute atomic E-state index is 12.7. The zero-order valence-electron chi connectivity index (χ0n) is 15.9. The van der Waals surface area contributed by atoms with E-state index in [0.29, 0.717) is 5.75 Å². The topological polar surface area (TPSA) is 63.7 Å². The fourth-order valence-corrected chi connectivity index (χ4v) is 4.63. The molecule has 1 heterocycles. The van der Waals surface area contributed by atoms with Gasteiger partial charge in [0, 0.05) is 18.2 Å². The second-order valence-corrected chi connectivity index (χ2v) is 9.26. The van der Waals surface area contributed by atoms with Crippen LogP contribution in [0.4, 0.5) is 5.69 Å². The molecule has 27 heavy (non-hydrogen) atoms. The molecular formula is C21H25NO4S. The Kier molecular flexibility index (Phi) is 5.56. The summed E-state index contributed by atoms with van der Waals surface area (Å²) in [5, 5.41) is 0. The number of benzene rings is 2. The molecule has 0 saturated heterocycles. The predicted octanol–water partition coefficient (Wildman–Crippen LogP) is 3.62. The van der Waals surface area contributed by atoms with E-state index >= 15 is 0 Å². The molecule has 0 radical (unpaired) electrons. The van der Waals surface area contributed by atoms with Crippen LogP contribution in [0.2, 0.25) is 0 Å². The van der Waals surface area contributed by atoms with Crippen molar-refractivity contribution in [2.75, 3.05) is 10.7 Å². The maximum Gasteiger partial charge on any atom is 0.228 e. The van der Waals surface area contributed by atoms with E-state index in [4.69, 9.17) is 4.74 Å². The highest BCUT2D eigenvalue weighted by atomic mass is 32.2. The molecule has 1 aliphatic rings. The monoisotopic (exact) mass is 387 g/mol. The van der Waals surface area contributed by atoms with Crippen molar-refractivity contribution in [3.8, 4) is 5.75 Å². The van der Waals surface area contributed by atoms with E-state index in [9.17, 15) is 13.2 Å². The standard InChI is InChI=1S/C21H25NO4S/c1-15(2)26-18-8-10-19(11-9-18)27(24,25)13-12-21(23)22-16(3)14-17-6-4-5-7-20(17)22/h4-11,15-16H,12-14H2,1-3H3. The molecule has 5 nitrogen and oxygen atoms in total. The molecule has 0 saturated carbocycles. The number of ether oxygens (including phenoxy) is 1. The molecule has 144 valence electrons. The van der Waals surface area contributed by atoms with Gasteiger partial charge in [-0.25, -0.2) is 8.42 Å². The highest BCUT2D eigenvalue weighted by Crippen LogP contribution is 2.32. The average molecular weight is 388 g/mol. The van der Waals surface area contributed by atoms with Gasteiger partial charge in [0.25, 0.3) is 0 Å². The Morgan fingerprint density at radius 3 is 2.48 bits per heavy atom. The Balaban J connectivity index is 1.67. The van der Waals surface area contributed by atoms with Crippen LogP contribution in [-0.4, -0.2) is 32.2 Å². The maximum atomic E-state index is 12.7. The van der Waals surface area contributed by atoms with E-state index in [1.165, 1.54) is 12.1 Å². The Labute approximate surface area is 160 Å². The highest BCUT2D eigenvalue weighted by molar-refractivity contribution is 7.91. The van der Waals surface area contributed by atoms with E-state index in [-0.39, 0.29) is 35.1 Å². The first-order chi connectivity index (χ1) is 12.8. The lowest BCUT2D eigenvalue weighted by molar-refractivity contribution is -0.118. The van der Waals surface area contributed by atoms with Gasteiger partial charge in [-0.1, -0.05) is 18.2 Å². The number of fused-ring (bicyclic) bond motifs is 1. The molecule has 6 heteroatoms. The van der Waals surface area contributed by atoms with Crippen molar-refractivity contribution < 1.29 is 17.9 Å². The Bertz CT molecular complexity index is 919. The van der Waals surface area contributed by atoms with Gasteiger partial charge in [0.05, 0.1) is 16.8 Å². The number of nitrogens with zero attached hydrogens (tertiary/aromatic N) is 1. The summed E-state index contributed by atoms with van der Waals surface area (Å²) >= 11 is 0. The number of sulfone groups is 1. The van der Waals surface area contributed by atoms with Crippen LogP contribution in [0.1, 0.15) is 32.8 Å². The highest BCUT2D eigenvalue weighted by Gasteiger charge is 2.31. The zero-order chi connectivity index (χ0) is 19.6. The minimum absolute atomic E-state index is 0.0235. The van der Waals surface area contributed by atoms with Crippen molar-refractivity contribution in [3.05, 3.63) is 54.1 Å². The summed E-state index contributed by atoms with van der Waals surface area (Å²) in [7, 11) is -3.53. The normalized spacial score (nSPS) is 16.4. The molecule has 0 spiro atoms. The lowest BCUT2D eigenvalue weighted by Crippen LogP contribution is -2.36. The number of amides is 1. The smallest absolute Gasteiger partial charge is 0.228 e. The molecular weight excluding hydrogens is 362 g/mol. The van der Waals surface area contributed by atoms with Crippen LogP contribution in [0.5, 0.6) is 5.75 Å². The molecule has 0 fully saturated rings. The van der Waals surface area contributed by atoms with Crippen LogP contribution in [0.25, 0.3) is 0 Å². The molecule has 3 rings (SSSR count). The molecule has 1 aliphatic heterocycles. The van der Waals surface area contributed by atoms with Gasteiger partial charge in [0.15, 0.2) is 9.84 Å². The van der Waals surface area contributed by atoms with Crippen LogP contribution in [0.15, 0.2) is 53.4 Å². The average Bonchev–Trinajstić information content (AvgIpc) is 2.95. The van der Waals surface area contributed by atoms with Gasteiger partial charge in [0.2, 0.25) is 5.91 Å². The van der Waals surface area contributed by atoms with Crippen molar-refractivity contribution >= 4 is 21.4 Å². The number of hydrogen-bond donors (Lipinski definition) is 0. The van der Waals surface area contributed by atoms with Gasteiger partial charge in [-0.2, -0.15) is 0 Å². The predicted molar refractivity (Wildman–Crippen MR) is 106 cm³/mol. The van der Waals surface area contributed by atoms with E-state index in [0.717, 1.165) is 17.7 Å². The molecule has 1 atom stereocenters. The van der Waals surface area contributed by atoms with Crippen LogP contribution < -0.4 is 9.64 Å². The van der Waals surface area contributed by atoms with Crippen LogP contribution in [0, 0.1) is 0 Å². The number of rotatable bonds is 6. The minimum Gasteiger partial charge on any atom is -0.491 e. The SMILES string of the molecule is CC(C)Oc1ccc(S(=O)(=O)CCC(=O)N2c3ccccc3CC2C)cc1. The summed E-state index contributed by atoms with van der Waals surface area (Å²) in [4.78, 5) is 14.6. The first-order valence-corrected chi connectivity index (χ1v) is 10.8. The van der Waals surface area contributed by atoms with Crippen LogP contribution in [0.3, 0.4) is 0 Å². The van der Waals surface area contributed by atoms with Gasteiger partial charge >= 0.3 is 0 Å². The Morgan fingerprint density at radius 1 is 1.15 bits per heavy atom. The van der Waals surface area contributed by atoms with Crippen LogP contribution in [-0.2, 0) is 21.1 Å². The fraction of sp³-hybridized carbons (Fsp3) is 0.381. The number of carbonyl (C=O) groups excluding carboxylic acids is 1. The number of carbonyl (C=O) groups is 1. The van der Waals surface area contributed by atoms with Crippen LogP contribution >= 0.6 is 0 Å². The lowest BCUT2D eigenvalue weighted by atomic mass is 10.1. The molecule has 0 N–H and O–H groups in total. The fourth-order valence-electron chi connectivity index (χ4n) is 3.40. The largest absolute Gasteiger partial charge is 0.491 e. The molecule has 0 aromatic heterocycles. The first-order valence-electron chi connectivity index (χ1n) is 9.17. The summed E-state index contributed by atoms with van der Waals surface area (Å²) in [5.41, 5.74) is 2.02. The zero-order valence-corrected chi connectivity index (χ0v) is 16.7. The summed E-state index contributed by atoms with van der Waals surface area (Å²) < 4.78 is 30.7. The molecule has 1 amide bonds. The second-order valence-electron chi connectivity index (χ2n) is 7.15. The van der Waals surface area contributed by atoms with Gasteiger partial charge in [-0.3, -0.25) is 4.79 Å². The number of anilines is 1. The van der Waals surface area contributed by atoms with Crippen molar-refractivity contribution in [2.45, 2.75) is 50.7 Å². The number of para-hydroxylation sites is 1. The quantitative estimate of drug-likeness (QED) is 0.759. The van der Waals surface area contributed by atoms with E-state index in [1.807, 2.05) is 45.0 Å².